The molecule has 0 unspecified atom stereocenters. The first-order chi connectivity index (χ1) is 26.0. The number of nitrogens with zero attached hydrogens (tertiary/aromatic N) is 2. The third-order valence-corrected chi connectivity index (χ3v) is 13.0. The minimum Gasteiger partial charge on any atom is -0.344 e. The van der Waals surface area contributed by atoms with E-state index in [-0.39, 0.29) is 22.3 Å². The van der Waals surface area contributed by atoms with Crippen molar-refractivity contribution in [1.29, 1.82) is 0 Å². The van der Waals surface area contributed by atoms with E-state index in [1.165, 1.54) is 39.0 Å². The normalized spacial score (nSPS) is 19.6. The van der Waals surface area contributed by atoms with Crippen LogP contribution in [0.25, 0.3) is 5.57 Å². The average molecular weight is 784 g/mol. The maximum atomic E-state index is 11.5. The van der Waals surface area contributed by atoms with Gasteiger partial charge in [0.1, 0.15) is 6.54 Å². The van der Waals surface area contributed by atoms with Gasteiger partial charge < -0.3 is 4.90 Å². The summed E-state index contributed by atoms with van der Waals surface area (Å²) in [7, 11) is -8.02. The number of benzene rings is 3. The van der Waals surface area contributed by atoms with Crippen LogP contribution in [0.3, 0.4) is 0 Å². The molecule has 10 heteroatoms. The van der Waals surface area contributed by atoms with E-state index >= 15 is 0 Å². The van der Waals surface area contributed by atoms with Crippen molar-refractivity contribution in [2.24, 2.45) is 0 Å². The minimum absolute atomic E-state index is 0.246. The fraction of sp³-hybridized carbons (Fsp3) is 0.400. The van der Waals surface area contributed by atoms with Gasteiger partial charge in [0, 0.05) is 47.5 Å². The Morgan fingerprint density at radius 1 is 0.727 bits per heavy atom. The van der Waals surface area contributed by atoms with Crippen LogP contribution in [0.1, 0.15) is 94.9 Å². The van der Waals surface area contributed by atoms with Crippen LogP contribution >= 0.6 is 0 Å². The Labute approximate surface area is 328 Å². The molecule has 0 amide bonds. The second kappa shape index (κ2) is 16.2. The Bertz CT molecular complexity index is 2310. The molecule has 6 rings (SSSR count). The molecule has 1 aliphatic carbocycles. The highest BCUT2D eigenvalue weighted by molar-refractivity contribution is 7.86. The van der Waals surface area contributed by atoms with Crippen LogP contribution < -0.4 is 4.90 Å². The molecule has 0 fully saturated rings. The molecule has 0 saturated heterocycles. The van der Waals surface area contributed by atoms with Gasteiger partial charge in [0.05, 0.1) is 16.9 Å². The van der Waals surface area contributed by atoms with Gasteiger partial charge in [-0.2, -0.15) is 21.4 Å². The van der Waals surface area contributed by atoms with Gasteiger partial charge in [0.15, 0.2) is 5.71 Å². The largest absolute Gasteiger partial charge is 0.344 e. The summed E-state index contributed by atoms with van der Waals surface area (Å²) in [5.41, 5.74) is 12.6. The molecule has 0 spiro atoms. The Balaban J connectivity index is 1.41. The fourth-order valence-electron chi connectivity index (χ4n) is 8.58. The van der Waals surface area contributed by atoms with Crippen molar-refractivity contribution < 1.29 is 30.5 Å². The fourth-order valence-corrected chi connectivity index (χ4v) is 9.72. The van der Waals surface area contributed by atoms with Crippen molar-refractivity contribution >= 4 is 42.9 Å². The van der Waals surface area contributed by atoms with Gasteiger partial charge in [0.25, 0.3) is 20.2 Å². The van der Waals surface area contributed by atoms with Gasteiger partial charge in [-0.15, -0.1) is 0 Å². The van der Waals surface area contributed by atoms with E-state index in [4.69, 9.17) is 0 Å². The number of fused-ring (bicyclic) bond motifs is 2. The zero-order chi connectivity index (χ0) is 39.6. The summed E-state index contributed by atoms with van der Waals surface area (Å²) < 4.78 is 66.8. The quantitative estimate of drug-likeness (QED) is 0.0951. The highest BCUT2D eigenvalue weighted by Crippen LogP contribution is 2.48. The number of hydrogen-bond donors (Lipinski definition) is 2. The molecule has 2 aliphatic heterocycles. The number of unbranched alkanes of at least 4 members (excludes halogenated alkanes) is 2. The molecule has 0 bridgehead atoms. The van der Waals surface area contributed by atoms with E-state index in [1.54, 1.807) is 0 Å². The van der Waals surface area contributed by atoms with Gasteiger partial charge in [-0.05, 0) is 99.3 Å². The summed E-state index contributed by atoms with van der Waals surface area (Å²) in [6, 6.07) is 25.6. The summed E-state index contributed by atoms with van der Waals surface area (Å²) in [4.78, 5) is 2.32. The third kappa shape index (κ3) is 9.15. The van der Waals surface area contributed by atoms with Crippen molar-refractivity contribution in [3.63, 3.8) is 0 Å². The van der Waals surface area contributed by atoms with Gasteiger partial charge in [-0.3, -0.25) is 9.11 Å². The summed E-state index contributed by atoms with van der Waals surface area (Å²) in [6.07, 6.45) is 14.0. The molecule has 0 radical (unpaired) electrons. The number of para-hydroxylation sites is 2. The predicted molar refractivity (Wildman–Crippen MR) is 225 cm³/mol. The van der Waals surface area contributed by atoms with E-state index in [2.05, 4.69) is 129 Å². The summed E-state index contributed by atoms with van der Waals surface area (Å²) >= 11 is 0. The molecule has 3 aromatic rings. The lowest BCUT2D eigenvalue weighted by Crippen LogP contribution is -2.28. The molecular weight excluding hydrogens is 729 g/mol. The Morgan fingerprint density at radius 2 is 1.36 bits per heavy atom. The first-order valence-corrected chi connectivity index (χ1v) is 22.6. The maximum Gasteiger partial charge on any atom is 0.264 e. The summed E-state index contributed by atoms with van der Waals surface area (Å²) in [5, 5.41) is 0. The second-order valence-corrected chi connectivity index (χ2v) is 19.3. The van der Waals surface area contributed by atoms with Crippen molar-refractivity contribution in [3.8, 4) is 0 Å². The molecular formula is C45H55N2O6S2+. The van der Waals surface area contributed by atoms with Crippen LogP contribution in [-0.2, 0) is 31.1 Å². The number of rotatable bonds is 14. The molecule has 3 aliphatic rings. The van der Waals surface area contributed by atoms with E-state index < -0.39 is 20.2 Å². The molecule has 0 aromatic heterocycles. The van der Waals surface area contributed by atoms with E-state index in [1.807, 2.05) is 12.1 Å². The first kappa shape index (κ1) is 40.6. The molecule has 292 valence electrons. The number of hydrogen-bond acceptors (Lipinski definition) is 5. The lowest BCUT2D eigenvalue weighted by molar-refractivity contribution is -0.438. The van der Waals surface area contributed by atoms with Gasteiger partial charge in [-0.25, -0.2) is 0 Å². The van der Waals surface area contributed by atoms with E-state index in [0.717, 1.165) is 42.0 Å². The zero-order valence-corrected chi connectivity index (χ0v) is 34.4. The number of aryl methyl sites for hydroxylation is 1. The SMILES string of the molecule is Cc1ccc(C2=C(/C=C/C3=[N+](CCCCS(=O)(=O)O)c4ccccc4C3(C)C)CCC/C2=C\C=C2\N(CCCCS(=O)(=O)O)c3ccccc3C2(C)C)cc1. The van der Waals surface area contributed by atoms with Gasteiger partial charge in [0.2, 0.25) is 5.69 Å². The smallest absolute Gasteiger partial charge is 0.264 e. The molecule has 0 saturated carbocycles. The van der Waals surface area contributed by atoms with Crippen molar-refractivity contribution in [3.05, 3.63) is 136 Å². The highest BCUT2D eigenvalue weighted by Gasteiger charge is 2.44. The lowest BCUT2D eigenvalue weighted by Gasteiger charge is -2.28. The molecule has 3 aromatic carbocycles. The Kier molecular flexibility index (Phi) is 11.9. The zero-order valence-electron chi connectivity index (χ0n) is 32.8. The molecule has 8 nitrogen and oxygen atoms in total. The minimum atomic E-state index is -4.01. The van der Waals surface area contributed by atoms with Gasteiger partial charge >= 0.3 is 0 Å². The number of allylic oxidation sites excluding steroid dienone is 8. The predicted octanol–water partition coefficient (Wildman–Crippen LogP) is 9.51. The standard InChI is InChI=1S/C45H54N2O6S2/c1-33-21-23-36(24-22-33)43-34(25-27-41-44(2,3)37-17-6-8-19-39(37)46(41)29-10-12-31-54(48,49)50)15-14-16-35(43)26-28-42-45(4,5)38-18-7-9-20-40(38)47(42)30-11-13-32-55(51,52)53/h6-9,17-28H,10-16,29-32H2,1-5H3,(H-,48,49,50,51,52,53)/p+1. The van der Waals surface area contributed by atoms with Crippen LogP contribution in [0, 0.1) is 6.92 Å². The molecule has 2 heterocycles. The van der Waals surface area contributed by atoms with E-state index in [9.17, 15) is 25.9 Å². The van der Waals surface area contributed by atoms with Crippen LogP contribution in [0.5, 0.6) is 0 Å². The van der Waals surface area contributed by atoms with Crippen LogP contribution in [0.2, 0.25) is 0 Å². The summed E-state index contributed by atoms with van der Waals surface area (Å²) in [6.45, 7) is 12.4. The first-order valence-electron chi connectivity index (χ1n) is 19.4. The van der Waals surface area contributed by atoms with Crippen molar-refractivity contribution in [1.82, 2.24) is 0 Å². The molecule has 0 atom stereocenters. The van der Waals surface area contributed by atoms with E-state index in [0.29, 0.717) is 38.8 Å². The summed E-state index contributed by atoms with van der Waals surface area (Å²) in [5.74, 6) is -0.492. The van der Waals surface area contributed by atoms with Crippen molar-refractivity contribution in [2.45, 2.75) is 90.4 Å². The number of anilines is 1. The maximum absolute atomic E-state index is 11.5. The average Bonchev–Trinajstić information content (AvgIpc) is 3.47. The van der Waals surface area contributed by atoms with Crippen LogP contribution in [0.4, 0.5) is 11.4 Å². The van der Waals surface area contributed by atoms with Crippen LogP contribution in [-0.4, -0.2) is 60.8 Å². The Hall–Kier alpha value is -4.09. The monoisotopic (exact) mass is 783 g/mol. The Morgan fingerprint density at radius 3 is 2.05 bits per heavy atom. The lowest BCUT2D eigenvalue weighted by atomic mass is 9.79. The van der Waals surface area contributed by atoms with Crippen molar-refractivity contribution in [2.75, 3.05) is 29.5 Å². The van der Waals surface area contributed by atoms with Gasteiger partial charge in [-0.1, -0.05) is 92.2 Å². The van der Waals surface area contributed by atoms with Crippen LogP contribution in [0.15, 0.2) is 114 Å². The molecule has 2 N–H and O–H groups in total. The third-order valence-electron chi connectivity index (χ3n) is 11.4. The highest BCUT2D eigenvalue weighted by atomic mass is 32.2. The molecule has 55 heavy (non-hydrogen) atoms. The second-order valence-electron chi connectivity index (χ2n) is 16.2. The topological polar surface area (TPSA) is 115 Å².